The first-order chi connectivity index (χ1) is 6.25. The third-order valence-corrected chi connectivity index (χ3v) is 1.29. The summed E-state index contributed by atoms with van der Waals surface area (Å²) in [6.45, 7) is 0. The van der Waals surface area contributed by atoms with E-state index in [1.165, 1.54) is 12.1 Å². The van der Waals surface area contributed by atoms with E-state index in [0.29, 0.717) is 0 Å². The number of hydrogen-bond acceptors (Lipinski definition) is 3. The molecule has 0 aliphatic carbocycles. The Morgan fingerprint density at radius 1 is 1.54 bits per heavy atom. The molecule has 0 bridgehead atoms. The summed E-state index contributed by atoms with van der Waals surface area (Å²) in [5, 5.41) is 11.5. The van der Waals surface area contributed by atoms with E-state index >= 15 is 0 Å². The van der Waals surface area contributed by atoms with Crippen LogP contribution >= 0.6 is 0 Å². The molecule has 0 atom stereocenters. The van der Waals surface area contributed by atoms with Crippen molar-refractivity contribution >= 4 is 5.97 Å². The van der Waals surface area contributed by atoms with Crippen LogP contribution < -0.4 is 4.84 Å². The fraction of sp³-hybridized carbons (Fsp3) is 0. The van der Waals surface area contributed by atoms with Gasteiger partial charge in [0, 0.05) is 4.91 Å². The van der Waals surface area contributed by atoms with Gasteiger partial charge in [0.1, 0.15) is 10.8 Å². The van der Waals surface area contributed by atoms with Crippen molar-refractivity contribution in [3.8, 4) is 5.75 Å². The van der Waals surface area contributed by atoms with E-state index in [9.17, 15) is 4.79 Å². The number of benzene rings is 1. The van der Waals surface area contributed by atoms with Crippen LogP contribution in [0.4, 0.5) is 0 Å². The minimum absolute atomic E-state index is 0.0211. The number of hydrogen-bond donors (Lipinski definition) is 1. The van der Waals surface area contributed by atoms with Gasteiger partial charge in [0.15, 0.2) is 5.75 Å². The lowest BCUT2D eigenvalue weighted by Gasteiger charge is -2.00. The molecule has 0 saturated carbocycles. The van der Waals surface area contributed by atoms with Crippen LogP contribution in [0.15, 0.2) is 29.5 Å². The second-order valence-electron chi connectivity index (χ2n) is 2.06. The van der Waals surface area contributed by atoms with Gasteiger partial charge < -0.3 is 9.94 Å². The largest absolute Gasteiger partial charge is 0.478 e. The van der Waals surface area contributed by atoms with Gasteiger partial charge in [0.2, 0.25) is 0 Å². The van der Waals surface area contributed by atoms with Gasteiger partial charge in [-0.1, -0.05) is 12.1 Å². The second kappa shape index (κ2) is 3.99. The van der Waals surface area contributed by atoms with Crippen molar-refractivity contribution in [1.82, 2.24) is 0 Å². The summed E-state index contributed by atoms with van der Waals surface area (Å²) in [5.74, 6) is -1.11. The minimum Gasteiger partial charge on any atom is -0.478 e. The maximum absolute atomic E-state index is 10.6. The third kappa shape index (κ3) is 2.11. The number of carboxylic acid groups (broad SMARTS) is 1. The number of nitrogens with zero attached hydrogens (tertiary/aromatic N) is 3. The third-order valence-electron chi connectivity index (χ3n) is 1.29. The highest BCUT2D eigenvalue weighted by molar-refractivity contribution is 5.90. The smallest absolute Gasteiger partial charge is 0.339 e. The molecule has 13 heavy (non-hydrogen) atoms. The highest BCUT2D eigenvalue weighted by atomic mass is 16.6. The minimum atomic E-state index is -1.14. The van der Waals surface area contributed by atoms with Crippen LogP contribution in [0.5, 0.6) is 5.75 Å². The Hall–Kier alpha value is -2.20. The van der Waals surface area contributed by atoms with Gasteiger partial charge in [-0.3, -0.25) is 0 Å². The molecular weight excluding hydrogens is 174 g/mol. The van der Waals surface area contributed by atoms with Gasteiger partial charge in [-0.25, -0.2) is 4.79 Å². The van der Waals surface area contributed by atoms with E-state index in [2.05, 4.69) is 15.0 Å². The predicted molar refractivity (Wildman–Crippen MR) is 43.2 cm³/mol. The Labute approximate surface area is 73.0 Å². The van der Waals surface area contributed by atoms with Crippen molar-refractivity contribution in [3.05, 3.63) is 40.3 Å². The molecule has 0 aliphatic rings. The summed E-state index contributed by atoms with van der Waals surface area (Å²) in [5.41, 5.74) is 7.90. The number of para-hydroxylation sites is 1. The molecule has 0 spiro atoms. The molecule has 0 amide bonds. The topological polar surface area (TPSA) is 95.3 Å². The van der Waals surface area contributed by atoms with E-state index in [0.717, 1.165) is 0 Å². The molecule has 6 nitrogen and oxygen atoms in total. The van der Waals surface area contributed by atoms with Crippen molar-refractivity contribution in [2.45, 2.75) is 0 Å². The molecule has 66 valence electrons. The molecule has 0 radical (unpaired) electrons. The fourth-order valence-corrected chi connectivity index (χ4v) is 0.785. The van der Waals surface area contributed by atoms with Gasteiger partial charge >= 0.3 is 5.97 Å². The molecule has 0 fully saturated rings. The van der Waals surface area contributed by atoms with Crippen LogP contribution in [0.25, 0.3) is 10.4 Å². The number of aromatic carboxylic acids is 1. The molecule has 0 heterocycles. The van der Waals surface area contributed by atoms with Crippen molar-refractivity contribution in [1.29, 1.82) is 0 Å². The molecule has 0 aromatic heterocycles. The van der Waals surface area contributed by atoms with Crippen molar-refractivity contribution in [2.24, 2.45) is 5.28 Å². The molecule has 1 aromatic rings. The van der Waals surface area contributed by atoms with E-state index in [1.807, 2.05) is 0 Å². The Balaban J connectivity index is 3.04. The van der Waals surface area contributed by atoms with Crippen LogP contribution in [-0.4, -0.2) is 11.1 Å². The number of carbonyl (C=O) groups is 1. The zero-order valence-corrected chi connectivity index (χ0v) is 6.41. The zero-order chi connectivity index (χ0) is 9.68. The maximum Gasteiger partial charge on any atom is 0.339 e. The number of azide groups is 1. The maximum atomic E-state index is 10.6. The molecule has 1 aromatic carbocycles. The van der Waals surface area contributed by atoms with E-state index in [1.54, 1.807) is 12.1 Å². The first kappa shape index (κ1) is 8.89. The average Bonchev–Trinajstić information content (AvgIpc) is 2.15. The van der Waals surface area contributed by atoms with E-state index < -0.39 is 5.97 Å². The molecule has 1 rings (SSSR count). The van der Waals surface area contributed by atoms with Crippen molar-refractivity contribution in [3.63, 3.8) is 0 Å². The lowest BCUT2D eigenvalue weighted by molar-refractivity contribution is 0.0692. The van der Waals surface area contributed by atoms with Gasteiger partial charge in [-0.2, -0.15) is 0 Å². The molecule has 6 heteroatoms. The Kier molecular flexibility index (Phi) is 2.73. The predicted octanol–water partition coefficient (Wildman–Crippen LogP) is 1.99. The summed E-state index contributed by atoms with van der Waals surface area (Å²) < 4.78 is 0. The summed E-state index contributed by atoms with van der Waals surface area (Å²) in [6.07, 6.45) is 0. The zero-order valence-electron chi connectivity index (χ0n) is 6.41. The first-order valence-corrected chi connectivity index (χ1v) is 3.29. The van der Waals surface area contributed by atoms with Gasteiger partial charge in [-0.05, 0) is 17.7 Å². The Morgan fingerprint density at radius 3 is 2.85 bits per heavy atom. The van der Waals surface area contributed by atoms with Crippen LogP contribution in [0.2, 0.25) is 0 Å². The molecule has 0 unspecified atom stereocenters. The quantitative estimate of drug-likeness (QED) is 0.332. The van der Waals surface area contributed by atoms with Crippen LogP contribution in [0.1, 0.15) is 10.4 Å². The summed E-state index contributed by atoms with van der Waals surface area (Å²) >= 11 is 0. The Bertz CT molecular complexity index is 371. The normalized spacial score (nSPS) is 8.62. The Morgan fingerprint density at radius 2 is 2.23 bits per heavy atom. The highest BCUT2D eigenvalue weighted by Gasteiger charge is 2.08. The van der Waals surface area contributed by atoms with Crippen molar-refractivity contribution < 1.29 is 14.7 Å². The van der Waals surface area contributed by atoms with Crippen molar-refractivity contribution in [2.75, 3.05) is 0 Å². The number of rotatable bonds is 3. The molecular formula is C7H5N3O3. The van der Waals surface area contributed by atoms with E-state index in [4.69, 9.17) is 10.6 Å². The molecule has 0 aliphatic heterocycles. The standard InChI is InChI=1S/C7H5N3O3/c8-9-10-13-6-4-2-1-3-5(6)7(11)12/h1-4H,(H,11,12). The molecule has 0 saturated heterocycles. The highest BCUT2D eigenvalue weighted by Crippen LogP contribution is 2.17. The lowest BCUT2D eigenvalue weighted by Crippen LogP contribution is -1.98. The summed E-state index contributed by atoms with van der Waals surface area (Å²) in [7, 11) is 0. The first-order valence-electron chi connectivity index (χ1n) is 3.29. The van der Waals surface area contributed by atoms with Crippen LogP contribution in [0.3, 0.4) is 0 Å². The SMILES string of the molecule is [N-]=[N+]=NOc1ccccc1C(=O)O. The van der Waals surface area contributed by atoms with Gasteiger partial charge in [0.05, 0.1) is 0 Å². The molecule has 1 N–H and O–H groups in total. The van der Waals surface area contributed by atoms with Crippen LogP contribution in [0, 0.1) is 0 Å². The van der Waals surface area contributed by atoms with Crippen LogP contribution in [-0.2, 0) is 0 Å². The second-order valence-corrected chi connectivity index (χ2v) is 2.06. The summed E-state index contributed by atoms with van der Waals surface area (Å²) in [6, 6.07) is 5.88. The van der Waals surface area contributed by atoms with Gasteiger partial charge in [-0.15, -0.1) is 0 Å². The van der Waals surface area contributed by atoms with Gasteiger partial charge in [0.25, 0.3) is 0 Å². The monoisotopic (exact) mass is 179 g/mol. The summed E-state index contributed by atoms with van der Waals surface area (Å²) in [4.78, 5) is 17.4. The average molecular weight is 179 g/mol. The lowest BCUT2D eigenvalue weighted by atomic mass is 10.2. The number of carboxylic acids is 1. The van der Waals surface area contributed by atoms with E-state index in [-0.39, 0.29) is 11.3 Å². The fourth-order valence-electron chi connectivity index (χ4n) is 0.785.